The average Bonchev–Trinajstić information content (AvgIpc) is 3.04. The van der Waals surface area contributed by atoms with Gasteiger partial charge >= 0.3 is 0 Å². The molecule has 0 fully saturated rings. The summed E-state index contributed by atoms with van der Waals surface area (Å²) in [5.74, 6) is 0. The summed E-state index contributed by atoms with van der Waals surface area (Å²) in [5, 5.41) is 0. The van der Waals surface area contributed by atoms with E-state index in [-0.39, 0.29) is 6.04 Å². The van der Waals surface area contributed by atoms with Gasteiger partial charge in [-0.2, -0.15) is 4.31 Å². The molecule has 23 heavy (non-hydrogen) atoms. The molecule has 1 aromatic heterocycles. The van der Waals surface area contributed by atoms with Crippen molar-refractivity contribution >= 4 is 16.1 Å². The number of aromatic nitrogens is 1. The molecule has 0 spiro atoms. The third-order valence-corrected chi connectivity index (χ3v) is 7.04. The molecule has 2 aliphatic rings. The van der Waals surface area contributed by atoms with E-state index in [2.05, 4.69) is 10.6 Å². The first-order chi connectivity index (χ1) is 11.1. The molecule has 1 unspecified atom stereocenters. The zero-order chi connectivity index (χ0) is 16.0. The topological polar surface area (TPSA) is 42.3 Å². The van der Waals surface area contributed by atoms with Crippen molar-refractivity contribution in [3.63, 3.8) is 0 Å². The number of benzene rings is 1. The van der Waals surface area contributed by atoms with Crippen molar-refractivity contribution in [1.82, 2.24) is 8.87 Å². The highest BCUT2D eigenvalue weighted by atomic mass is 32.2. The van der Waals surface area contributed by atoms with Crippen LogP contribution in [0, 0.1) is 0 Å². The minimum Gasteiger partial charge on any atom is -0.349 e. The number of allylic oxidation sites excluding steroid dienone is 1. The second-order valence-electron chi connectivity index (χ2n) is 6.23. The van der Waals surface area contributed by atoms with Crippen LogP contribution in [0.2, 0.25) is 0 Å². The van der Waals surface area contributed by atoms with Crippen molar-refractivity contribution in [2.24, 2.45) is 0 Å². The largest absolute Gasteiger partial charge is 0.349 e. The number of hydrogen-bond donors (Lipinski definition) is 0. The van der Waals surface area contributed by atoms with Crippen LogP contribution in [0.5, 0.6) is 0 Å². The number of sulfonamides is 1. The van der Waals surface area contributed by atoms with Gasteiger partial charge in [-0.25, -0.2) is 8.42 Å². The Hall–Kier alpha value is -1.85. The molecule has 1 aliphatic carbocycles. The summed E-state index contributed by atoms with van der Waals surface area (Å²) < 4.78 is 30.1. The molecule has 0 saturated carbocycles. The number of hydrogen-bond acceptors (Lipinski definition) is 2. The average molecular weight is 328 g/mol. The lowest BCUT2D eigenvalue weighted by Crippen LogP contribution is -2.41. The minimum absolute atomic E-state index is 0.123. The molecule has 0 radical (unpaired) electrons. The van der Waals surface area contributed by atoms with Gasteiger partial charge in [-0.1, -0.05) is 24.3 Å². The van der Waals surface area contributed by atoms with Crippen molar-refractivity contribution in [2.75, 3.05) is 6.54 Å². The summed E-state index contributed by atoms with van der Waals surface area (Å²) >= 11 is 0. The highest BCUT2D eigenvalue weighted by molar-refractivity contribution is 7.93. The fraction of sp³-hybridized carbons (Fsp3) is 0.333. The summed E-state index contributed by atoms with van der Waals surface area (Å²) in [6.45, 7) is 3.22. The van der Waals surface area contributed by atoms with Gasteiger partial charge in [-0.05, 0) is 49.1 Å². The Labute approximate surface area is 137 Å². The summed E-state index contributed by atoms with van der Waals surface area (Å²) in [6.07, 6.45) is 5.25. The maximum absolute atomic E-state index is 13.1. The van der Waals surface area contributed by atoms with E-state index in [9.17, 15) is 8.42 Å². The van der Waals surface area contributed by atoms with Crippen LogP contribution >= 0.6 is 0 Å². The SMILES string of the molecule is CC1c2cccn2CCN1S(=O)(=O)C1=Cc2ccccc2CC1. The van der Waals surface area contributed by atoms with Crippen LogP contribution in [0.25, 0.3) is 6.08 Å². The lowest BCUT2D eigenvalue weighted by molar-refractivity contribution is 0.284. The normalized spacial score (nSPS) is 21.4. The molecule has 2 heterocycles. The molecule has 1 aliphatic heterocycles. The van der Waals surface area contributed by atoms with E-state index in [1.807, 2.05) is 49.5 Å². The van der Waals surface area contributed by atoms with Crippen LogP contribution in [0.4, 0.5) is 0 Å². The predicted octanol–water partition coefficient (Wildman–Crippen LogP) is 3.18. The number of fused-ring (bicyclic) bond motifs is 2. The van der Waals surface area contributed by atoms with Crippen molar-refractivity contribution in [2.45, 2.75) is 32.4 Å². The second kappa shape index (κ2) is 5.35. The monoisotopic (exact) mass is 328 g/mol. The number of aryl methyl sites for hydroxylation is 1. The fourth-order valence-corrected chi connectivity index (χ4v) is 5.43. The Morgan fingerprint density at radius 1 is 1.04 bits per heavy atom. The lowest BCUT2D eigenvalue weighted by atomic mass is 9.98. The van der Waals surface area contributed by atoms with Gasteiger partial charge in [-0.3, -0.25) is 0 Å². The third-order valence-electron chi connectivity index (χ3n) is 4.94. The summed E-state index contributed by atoms with van der Waals surface area (Å²) in [6, 6.07) is 11.9. The molecular formula is C18H20N2O2S. The molecular weight excluding hydrogens is 308 g/mol. The standard InChI is InChI=1S/C18H20N2O2S/c1-14-18-7-4-10-19(18)11-12-20(14)23(21,22)17-9-8-15-5-2-3-6-16(15)13-17/h2-7,10,13-14H,8-9,11-12H2,1H3. The van der Waals surface area contributed by atoms with Gasteiger partial charge in [-0.15, -0.1) is 0 Å². The Morgan fingerprint density at radius 2 is 1.87 bits per heavy atom. The van der Waals surface area contributed by atoms with Crippen LogP contribution in [0.1, 0.15) is 36.2 Å². The first-order valence-corrected chi connectivity index (χ1v) is 9.47. The van der Waals surface area contributed by atoms with Crippen LogP contribution in [-0.4, -0.2) is 23.8 Å². The molecule has 5 heteroatoms. The summed E-state index contributed by atoms with van der Waals surface area (Å²) in [4.78, 5) is 0.544. The molecule has 2 aromatic rings. The van der Waals surface area contributed by atoms with E-state index in [4.69, 9.17) is 0 Å². The first kappa shape index (κ1) is 14.7. The Bertz CT molecular complexity index is 880. The molecule has 4 nitrogen and oxygen atoms in total. The minimum atomic E-state index is -3.42. The van der Waals surface area contributed by atoms with Gasteiger partial charge in [0.05, 0.1) is 10.9 Å². The summed E-state index contributed by atoms with van der Waals surface area (Å²) in [5.41, 5.74) is 3.33. The second-order valence-corrected chi connectivity index (χ2v) is 8.17. The van der Waals surface area contributed by atoms with E-state index < -0.39 is 10.0 Å². The highest BCUT2D eigenvalue weighted by Crippen LogP contribution is 2.34. The van der Waals surface area contributed by atoms with Gasteiger partial charge in [0.1, 0.15) is 0 Å². The quantitative estimate of drug-likeness (QED) is 0.850. The maximum Gasteiger partial charge on any atom is 0.239 e. The van der Waals surface area contributed by atoms with E-state index in [1.54, 1.807) is 4.31 Å². The van der Waals surface area contributed by atoms with Crippen LogP contribution in [0.3, 0.4) is 0 Å². The highest BCUT2D eigenvalue weighted by Gasteiger charge is 2.35. The Morgan fingerprint density at radius 3 is 2.74 bits per heavy atom. The van der Waals surface area contributed by atoms with Crippen molar-refractivity contribution in [3.8, 4) is 0 Å². The van der Waals surface area contributed by atoms with Crippen LogP contribution in [-0.2, 0) is 23.0 Å². The van der Waals surface area contributed by atoms with Crippen molar-refractivity contribution in [3.05, 3.63) is 64.3 Å². The molecule has 4 rings (SSSR count). The molecule has 0 saturated heterocycles. The zero-order valence-electron chi connectivity index (χ0n) is 13.1. The van der Waals surface area contributed by atoms with Crippen LogP contribution < -0.4 is 0 Å². The third kappa shape index (κ3) is 2.35. The number of rotatable bonds is 2. The van der Waals surface area contributed by atoms with Gasteiger partial charge in [0.15, 0.2) is 0 Å². The Balaban J connectivity index is 1.71. The smallest absolute Gasteiger partial charge is 0.239 e. The maximum atomic E-state index is 13.1. The van der Waals surface area contributed by atoms with E-state index in [1.165, 1.54) is 5.56 Å². The fourth-order valence-electron chi connectivity index (χ4n) is 3.65. The molecule has 120 valence electrons. The number of nitrogens with zero attached hydrogens (tertiary/aromatic N) is 2. The molecule has 0 amide bonds. The van der Waals surface area contributed by atoms with Gasteiger partial charge in [0.2, 0.25) is 10.0 Å². The Kier molecular flexibility index (Phi) is 3.43. The van der Waals surface area contributed by atoms with Gasteiger partial charge in [0.25, 0.3) is 0 Å². The summed E-state index contributed by atoms with van der Waals surface area (Å²) in [7, 11) is -3.42. The van der Waals surface area contributed by atoms with Crippen molar-refractivity contribution in [1.29, 1.82) is 0 Å². The van der Waals surface area contributed by atoms with E-state index >= 15 is 0 Å². The zero-order valence-corrected chi connectivity index (χ0v) is 14.0. The van der Waals surface area contributed by atoms with E-state index in [0.29, 0.717) is 17.9 Å². The molecule has 1 atom stereocenters. The molecule has 0 N–H and O–H groups in total. The predicted molar refractivity (Wildman–Crippen MR) is 91.2 cm³/mol. The van der Waals surface area contributed by atoms with E-state index in [0.717, 1.165) is 24.2 Å². The molecule has 0 bridgehead atoms. The first-order valence-electron chi connectivity index (χ1n) is 8.03. The van der Waals surface area contributed by atoms with Gasteiger partial charge < -0.3 is 4.57 Å². The van der Waals surface area contributed by atoms with Crippen LogP contribution in [0.15, 0.2) is 47.5 Å². The lowest BCUT2D eigenvalue weighted by Gasteiger charge is -2.35. The van der Waals surface area contributed by atoms with Crippen molar-refractivity contribution < 1.29 is 8.42 Å². The van der Waals surface area contributed by atoms with Gasteiger partial charge in [0, 0.05) is 25.0 Å². The molecule has 1 aromatic carbocycles.